The lowest BCUT2D eigenvalue weighted by Gasteiger charge is -2.23. The van der Waals surface area contributed by atoms with Crippen LogP contribution < -0.4 is 5.32 Å². The molecule has 0 radical (unpaired) electrons. The van der Waals surface area contributed by atoms with Crippen LogP contribution in [0.2, 0.25) is 0 Å². The molecule has 0 aromatic carbocycles. The molecule has 0 bridgehead atoms. The van der Waals surface area contributed by atoms with E-state index in [9.17, 15) is 8.42 Å². The van der Waals surface area contributed by atoms with E-state index in [0.29, 0.717) is 6.54 Å². The second-order valence-electron chi connectivity index (χ2n) is 3.35. The van der Waals surface area contributed by atoms with Crippen LogP contribution in [0, 0.1) is 0 Å². The summed E-state index contributed by atoms with van der Waals surface area (Å²) in [6.45, 7) is 1.57. The standard InChI is InChI=1S/C6H15N2O2S/c1-8(2,3)5-4-7-6-11(9)10/h6-7H,4-5H2,1-3H3/q+1. The maximum absolute atomic E-state index is 10.0. The fourth-order valence-corrected chi connectivity index (χ4v) is 0.781. The zero-order valence-electron chi connectivity index (χ0n) is 7.16. The average Bonchev–Trinajstić information content (AvgIpc) is 1.78. The van der Waals surface area contributed by atoms with Crippen LogP contribution in [0.5, 0.6) is 0 Å². The van der Waals surface area contributed by atoms with Crippen molar-refractivity contribution < 1.29 is 12.9 Å². The highest BCUT2D eigenvalue weighted by molar-refractivity contribution is 7.71. The Bertz CT molecular complexity index is 217. The molecule has 66 valence electrons. The molecule has 4 nitrogen and oxygen atoms in total. The molecule has 0 heterocycles. The zero-order valence-corrected chi connectivity index (χ0v) is 7.98. The number of rotatable bonds is 4. The third-order valence-electron chi connectivity index (χ3n) is 1.11. The van der Waals surface area contributed by atoms with E-state index in [4.69, 9.17) is 0 Å². The largest absolute Gasteiger partial charge is 0.330 e. The second-order valence-corrected chi connectivity index (χ2v) is 4.10. The first-order valence-electron chi connectivity index (χ1n) is 3.37. The summed E-state index contributed by atoms with van der Waals surface area (Å²) in [6.07, 6.45) is 0. The number of hydrogen-bond donors (Lipinski definition) is 1. The fourth-order valence-electron chi connectivity index (χ4n) is 0.527. The molecular formula is C6H15N2O2S+. The molecule has 5 heteroatoms. The quantitative estimate of drug-likeness (QED) is 0.339. The number of quaternary nitrogens is 1. The maximum Gasteiger partial charge on any atom is 0.224 e. The highest BCUT2D eigenvalue weighted by Gasteiger charge is 2.03. The van der Waals surface area contributed by atoms with Crippen molar-refractivity contribution >= 4 is 15.8 Å². The van der Waals surface area contributed by atoms with Gasteiger partial charge in [-0.3, -0.25) is 5.32 Å². The molecule has 0 aliphatic carbocycles. The Morgan fingerprint density at radius 3 is 2.27 bits per heavy atom. The number of hydrogen-bond acceptors (Lipinski definition) is 2. The van der Waals surface area contributed by atoms with Gasteiger partial charge in [-0.2, -0.15) is 8.42 Å². The number of likely N-dealkylation sites (N-methyl/N-ethyl adjacent to an activating group) is 1. The molecule has 0 aromatic heterocycles. The van der Waals surface area contributed by atoms with Gasteiger partial charge < -0.3 is 4.48 Å². The second kappa shape index (κ2) is 4.48. The summed E-state index contributed by atoms with van der Waals surface area (Å²) >= 11 is 0. The summed E-state index contributed by atoms with van der Waals surface area (Å²) in [5, 5.41) is 2.69. The lowest BCUT2D eigenvalue weighted by molar-refractivity contribution is -0.869. The Hall–Kier alpha value is -0.390. The summed E-state index contributed by atoms with van der Waals surface area (Å²) in [7, 11) is 4.07. The fraction of sp³-hybridized carbons (Fsp3) is 0.833. The normalized spacial score (nSPS) is 11.2. The van der Waals surface area contributed by atoms with Crippen molar-refractivity contribution in [3.63, 3.8) is 0 Å². The molecule has 1 N–H and O–H groups in total. The van der Waals surface area contributed by atoms with Gasteiger partial charge in [-0.05, 0) is 0 Å². The predicted octanol–water partition coefficient (Wildman–Crippen LogP) is -1.08. The van der Waals surface area contributed by atoms with Gasteiger partial charge in [-0.25, -0.2) is 0 Å². The Kier molecular flexibility index (Phi) is 4.32. The number of nitrogens with zero attached hydrogens (tertiary/aromatic N) is 1. The van der Waals surface area contributed by atoms with Gasteiger partial charge in [0.2, 0.25) is 10.3 Å². The van der Waals surface area contributed by atoms with E-state index >= 15 is 0 Å². The van der Waals surface area contributed by atoms with Gasteiger partial charge in [0.05, 0.1) is 33.2 Å². The van der Waals surface area contributed by atoms with Gasteiger partial charge in [0.1, 0.15) is 0 Å². The van der Waals surface area contributed by atoms with Crippen molar-refractivity contribution in [3.8, 4) is 0 Å². The van der Waals surface area contributed by atoms with Crippen LogP contribution in [-0.4, -0.2) is 52.6 Å². The minimum absolute atomic E-state index is 0.678. The van der Waals surface area contributed by atoms with Crippen molar-refractivity contribution in [1.29, 1.82) is 0 Å². The van der Waals surface area contributed by atoms with Gasteiger partial charge in [-0.15, -0.1) is 0 Å². The van der Waals surface area contributed by atoms with Gasteiger partial charge in [0.15, 0.2) is 0 Å². The minimum Gasteiger partial charge on any atom is -0.330 e. The Labute approximate surface area is 68.9 Å². The minimum atomic E-state index is -2.09. The van der Waals surface area contributed by atoms with Crippen molar-refractivity contribution in [2.75, 3.05) is 34.2 Å². The van der Waals surface area contributed by atoms with E-state index in [0.717, 1.165) is 16.5 Å². The average molecular weight is 179 g/mol. The first kappa shape index (κ1) is 10.6. The topological polar surface area (TPSA) is 46.2 Å². The summed E-state index contributed by atoms with van der Waals surface area (Å²) in [4.78, 5) is 0. The molecule has 0 aliphatic heterocycles. The third kappa shape index (κ3) is 9.61. The molecule has 0 aromatic rings. The van der Waals surface area contributed by atoms with Crippen molar-refractivity contribution in [2.24, 2.45) is 0 Å². The Balaban J connectivity index is 3.52. The summed E-state index contributed by atoms with van der Waals surface area (Å²) < 4.78 is 20.8. The summed E-state index contributed by atoms with van der Waals surface area (Å²) in [6, 6.07) is 0. The van der Waals surface area contributed by atoms with Crippen LogP contribution in [0.3, 0.4) is 0 Å². The van der Waals surface area contributed by atoms with E-state index in [-0.39, 0.29) is 0 Å². The van der Waals surface area contributed by atoms with E-state index in [2.05, 4.69) is 26.5 Å². The smallest absolute Gasteiger partial charge is 0.224 e. The van der Waals surface area contributed by atoms with E-state index in [1.807, 2.05) is 0 Å². The van der Waals surface area contributed by atoms with E-state index in [1.54, 1.807) is 0 Å². The van der Waals surface area contributed by atoms with Gasteiger partial charge in [0, 0.05) is 6.54 Å². The monoisotopic (exact) mass is 179 g/mol. The van der Waals surface area contributed by atoms with Crippen LogP contribution in [0.1, 0.15) is 0 Å². The maximum atomic E-state index is 10.0. The molecule has 0 saturated heterocycles. The molecule has 0 fully saturated rings. The van der Waals surface area contributed by atoms with Crippen LogP contribution in [-0.2, 0) is 10.3 Å². The third-order valence-corrected chi connectivity index (χ3v) is 1.47. The first-order chi connectivity index (χ1) is 4.92. The highest BCUT2D eigenvalue weighted by atomic mass is 32.2. The van der Waals surface area contributed by atoms with Crippen molar-refractivity contribution in [3.05, 3.63) is 0 Å². The lowest BCUT2D eigenvalue weighted by Crippen LogP contribution is -2.40. The molecular weight excluding hydrogens is 164 g/mol. The summed E-state index contributed by atoms with van der Waals surface area (Å²) in [5.41, 5.74) is 1.07. The van der Waals surface area contributed by atoms with Crippen LogP contribution in [0.25, 0.3) is 0 Å². The zero-order chi connectivity index (χ0) is 8.91. The molecule has 0 rings (SSSR count). The molecule has 0 saturated carbocycles. The Morgan fingerprint density at radius 1 is 1.36 bits per heavy atom. The van der Waals surface area contributed by atoms with Crippen molar-refractivity contribution in [2.45, 2.75) is 0 Å². The van der Waals surface area contributed by atoms with Crippen molar-refractivity contribution in [1.82, 2.24) is 5.32 Å². The van der Waals surface area contributed by atoms with Crippen LogP contribution >= 0.6 is 0 Å². The Morgan fingerprint density at radius 2 is 1.91 bits per heavy atom. The van der Waals surface area contributed by atoms with Crippen LogP contribution in [0.15, 0.2) is 0 Å². The SMILES string of the molecule is C[N+](C)(C)CCNC=S(=O)=O. The number of nitrogens with one attached hydrogen (secondary N) is 1. The van der Waals surface area contributed by atoms with Gasteiger partial charge in [-0.1, -0.05) is 0 Å². The highest BCUT2D eigenvalue weighted by Crippen LogP contribution is 1.85. The van der Waals surface area contributed by atoms with Gasteiger partial charge in [0.25, 0.3) is 0 Å². The van der Waals surface area contributed by atoms with Crippen LogP contribution in [0.4, 0.5) is 0 Å². The predicted molar refractivity (Wildman–Crippen MR) is 45.9 cm³/mol. The lowest BCUT2D eigenvalue weighted by atomic mass is 10.5. The molecule has 11 heavy (non-hydrogen) atoms. The van der Waals surface area contributed by atoms with E-state index < -0.39 is 10.3 Å². The molecule has 0 spiro atoms. The van der Waals surface area contributed by atoms with E-state index in [1.165, 1.54) is 0 Å². The first-order valence-corrected chi connectivity index (χ1v) is 4.51. The molecule has 0 amide bonds. The molecule has 0 aliphatic rings. The van der Waals surface area contributed by atoms with Gasteiger partial charge >= 0.3 is 0 Å². The summed E-state index contributed by atoms with van der Waals surface area (Å²) in [5.74, 6) is 0. The molecule has 0 atom stereocenters. The molecule has 0 unspecified atom stereocenters.